The minimum absolute atomic E-state index is 0.0457. The predicted molar refractivity (Wildman–Crippen MR) is 131 cm³/mol. The lowest BCUT2D eigenvalue weighted by atomic mass is 9.90. The van der Waals surface area contributed by atoms with E-state index in [9.17, 15) is 41.4 Å². The number of ketones is 1. The number of hydrogen-bond donors (Lipinski definition) is 3. The van der Waals surface area contributed by atoms with E-state index >= 15 is 0 Å². The number of benzene rings is 2. The van der Waals surface area contributed by atoms with Gasteiger partial charge in [-0.05, 0) is 31.2 Å². The van der Waals surface area contributed by atoms with Crippen LogP contribution in [0.4, 0.5) is 22.0 Å². The molecule has 3 atom stereocenters. The molecule has 0 saturated carbocycles. The number of amides is 1. The van der Waals surface area contributed by atoms with Crippen LogP contribution in [0, 0.1) is 35.0 Å². The third-order valence-electron chi connectivity index (χ3n) is 6.43. The zero-order valence-corrected chi connectivity index (χ0v) is 21.7. The van der Waals surface area contributed by atoms with E-state index in [1.165, 1.54) is 18.2 Å². The van der Waals surface area contributed by atoms with Gasteiger partial charge in [-0.2, -0.15) is 8.78 Å². The summed E-state index contributed by atoms with van der Waals surface area (Å²) >= 11 is 0. The Bertz CT molecular complexity index is 1230. The summed E-state index contributed by atoms with van der Waals surface area (Å²) in [6.45, 7) is 2.39. The molecule has 0 aromatic heterocycles. The number of hydrogen-bond acceptors (Lipinski definition) is 6. The van der Waals surface area contributed by atoms with E-state index in [0.717, 1.165) is 0 Å². The molecule has 8 nitrogen and oxygen atoms in total. The molecule has 1 fully saturated rings. The molecule has 0 aliphatic carbocycles. The van der Waals surface area contributed by atoms with Crippen molar-refractivity contribution in [3.05, 3.63) is 65.0 Å². The van der Waals surface area contributed by atoms with Crippen LogP contribution < -0.4 is 15.4 Å². The normalized spacial score (nSPS) is 18.7. The van der Waals surface area contributed by atoms with Crippen LogP contribution in [0.15, 0.2) is 30.3 Å². The van der Waals surface area contributed by atoms with Crippen molar-refractivity contribution in [2.24, 2.45) is 5.92 Å². The molecule has 0 spiro atoms. The summed E-state index contributed by atoms with van der Waals surface area (Å²) in [5.41, 5.74) is -1.21. The summed E-state index contributed by atoms with van der Waals surface area (Å²) < 4.78 is 80.2. The number of carboxylic acid groups (broad SMARTS) is 1. The van der Waals surface area contributed by atoms with Crippen molar-refractivity contribution in [1.29, 1.82) is 0 Å². The van der Waals surface area contributed by atoms with Crippen LogP contribution >= 0.6 is 0 Å². The van der Waals surface area contributed by atoms with E-state index in [2.05, 4.69) is 15.4 Å². The Kier molecular flexibility index (Phi) is 10.2. The number of Topliss-reactive ketones (excluding diaryl/α,β-unsaturated/α-hetero) is 1. The SMILES string of the molecule is CC(C)[C@H](NC1(c2ccccc2F)CCCCO1)C(=O)N[C@@H](CC(=O)O)C(=O)COc1c(F)c(F)cc(F)c1F. The summed E-state index contributed by atoms with van der Waals surface area (Å²) in [6.07, 6.45) is 0.744. The Labute approximate surface area is 226 Å². The Hall–Kier alpha value is -3.58. The van der Waals surface area contributed by atoms with Gasteiger partial charge in [0.15, 0.2) is 23.2 Å². The van der Waals surface area contributed by atoms with Crippen LogP contribution in [0.25, 0.3) is 0 Å². The maximum Gasteiger partial charge on any atom is 0.305 e. The van der Waals surface area contributed by atoms with Crippen molar-refractivity contribution in [1.82, 2.24) is 10.6 Å². The number of rotatable bonds is 12. The Morgan fingerprint density at radius 1 is 1.02 bits per heavy atom. The van der Waals surface area contributed by atoms with Gasteiger partial charge in [0, 0.05) is 18.2 Å². The van der Waals surface area contributed by atoms with Crippen molar-refractivity contribution in [3.8, 4) is 5.75 Å². The first-order valence-electron chi connectivity index (χ1n) is 12.5. The lowest BCUT2D eigenvalue weighted by Gasteiger charge is -2.42. The van der Waals surface area contributed by atoms with Gasteiger partial charge in [0.25, 0.3) is 0 Å². The number of aliphatic carboxylic acids is 1. The van der Waals surface area contributed by atoms with Gasteiger partial charge in [0.05, 0.1) is 12.5 Å². The predicted octanol–water partition coefficient (Wildman–Crippen LogP) is 3.96. The molecule has 0 radical (unpaired) electrons. The van der Waals surface area contributed by atoms with E-state index in [0.29, 0.717) is 19.3 Å². The first kappa shape index (κ1) is 31.0. The van der Waals surface area contributed by atoms with Gasteiger partial charge in [-0.1, -0.05) is 32.0 Å². The molecule has 1 aliphatic heterocycles. The largest absolute Gasteiger partial charge is 0.481 e. The fourth-order valence-electron chi connectivity index (χ4n) is 4.38. The summed E-state index contributed by atoms with van der Waals surface area (Å²) in [5.74, 6) is -13.3. The number of carbonyl (C=O) groups is 3. The average molecular weight is 573 g/mol. The monoisotopic (exact) mass is 572 g/mol. The zero-order valence-electron chi connectivity index (χ0n) is 21.7. The number of carboxylic acids is 1. The van der Waals surface area contributed by atoms with Crippen LogP contribution in [-0.2, 0) is 24.8 Å². The molecule has 0 bridgehead atoms. The van der Waals surface area contributed by atoms with Crippen molar-refractivity contribution in [2.75, 3.05) is 13.2 Å². The first-order chi connectivity index (χ1) is 18.9. The standard InChI is InChI=1S/C27H29F5N2O6/c1-14(2)24(34-27(9-5-6-10-40-27)15-7-3-4-8-16(15)28)26(38)33-19(12-21(36)37)20(35)13-39-25-22(31)17(29)11-18(30)23(25)32/h3-4,7-8,11,14,19,24,34H,5-6,9-10,12-13H2,1-2H3,(H,33,38)(H,36,37)/t19-,24-,27?/m0/s1. The second kappa shape index (κ2) is 13.2. The molecule has 1 amide bonds. The molecular weight excluding hydrogens is 543 g/mol. The van der Waals surface area contributed by atoms with E-state index in [1.54, 1.807) is 19.9 Å². The number of halogens is 5. The fourth-order valence-corrected chi connectivity index (χ4v) is 4.38. The highest BCUT2D eigenvalue weighted by Gasteiger charge is 2.42. The van der Waals surface area contributed by atoms with Crippen LogP contribution in [0.2, 0.25) is 0 Å². The van der Waals surface area contributed by atoms with Gasteiger partial charge in [-0.3, -0.25) is 19.7 Å². The zero-order chi connectivity index (χ0) is 29.6. The highest BCUT2D eigenvalue weighted by Crippen LogP contribution is 2.35. The van der Waals surface area contributed by atoms with Crippen molar-refractivity contribution in [3.63, 3.8) is 0 Å². The van der Waals surface area contributed by atoms with Gasteiger partial charge < -0.3 is 19.9 Å². The highest BCUT2D eigenvalue weighted by molar-refractivity contribution is 5.94. The molecule has 218 valence electrons. The van der Waals surface area contributed by atoms with E-state index in [1.807, 2.05) is 0 Å². The summed E-state index contributed by atoms with van der Waals surface area (Å²) in [4.78, 5) is 37.5. The summed E-state index contributed by atoms with van der Waals surface area (Å²) in [6, 6.07) is 2.98. The van der Waals surface area contributed by atoms with Gasteiger partial charge in [0.2, 0.25) is 17.5 Å². The maximum atomic E-state index is 14.8. The Balaban J connectivity index is 1.82. The van der Waals surface area contributed by atoms with Crippen LogP contribution in [0.5, 0.6) is 5.75 Å². The second-order valence-corrected chi connectivity index (χ2v) is 9.69. The van der Waals surface area contributed by atoms with Crippen LogP contribution in [0.3, 0.4) is 0 Å². The molecular formula is C27H29F5N2O6. The lowest BCUT2D eigenvalue weighted by molar-refractivity contribution is -0.143. The minimum Gasteiger partial charge on any atom is -0.481 e. The molecule has 1 aliphatic rings. The molecule has 3 N–H and O–H groups in total. The number of carbonyl (C=O) groups excluding carboxylic acids is 2. The lowest BCUT2D eigenvalue weighted by Crippen LogP contribution is -2.60. The minimum atomic E-state index is -1.89. The van der Waals surface area contributed by atoms with Crippen LogP contribution in [-0.4, -0.2) is 48.1 Å². The van der Waals surface area contributed by atoms with Gasteiger partial charge in [0.1, 0.15) is 24.2 Å². The molecule has 1 heterocycles. The average Bonchev–Trinajstić information content (AvgIpc) is 2.90. The van der Waals surface area contributed by atoms with Gasteiger partial charge >= 0.3 is 5.97 Å². The number of nitrogens with one attached hydrogen (secondary N) is 2. The van der Waals surface area contributed by atoms with Crippen molar-refractivity contribution < 1.29 is 50.9 Å². The Morgan fingerprint density at radius 3 is 2.23 bits per heavy atom. The second-order valence-electron chi connectivity index (χ2n) is 9.69. The van der Waals surface area contributed by atoms with Crippen molar-refractivity contribution in [2.45, 2.75) is 57.3 Å². The van der Waals surface area contributed by atoms with Crippen molar-refractivity contribution >= 4 is 17.7 Å². The number of ether oxygens (including phenoxy) is 2. The van der Waals surface area contributed by atoms with Crippen LogP contribution in [0.1, 0.15) is 45.1 Å². The molecule has 1 unspecified atom stereocenters. The Morgan fingerprint density at radius 2 is 1.68 bits per heavy atom. The van der Waals surface area contributed by atoms with Gasteiger partial charge in [-0.25, -0.2) is 13.2 Å². The first-order valence-corrected chi connectivity index (χ1v) is 12.5. The fraction of sp³-hybridized carbons (Fsp3) is 0.444. The molecule has 1 saturated heterocycles. The summed E-state index contributed by atoms with van der Waals surface area (Å²) in [7, 11) is 0. The highest BCUT2D eigenvalue weighted by atomic mass is 19.2. The molecule has 3 rings (SSSR count). The van der Waals surface area contributed by atoms with E-state index < -0.39 is 89.2 Å². The third kappa shape index (κ3) is 7.13. The molecule has 2 aromatic carbocycles. The topological polar surface area (TPSA) is 114 Å². The molecule has 13 heteroatoms. The van der Waals surface area contributed by atoms with E-state index in [4.69, 9.17) is 4.74 Å². The molecule has 2 aromatic rings. The summed E-state index contributed by atoms with van der Waals surface area (Å²) in [5, 5.41) is 14.6. The maximum absolute atomic E-state index is 14.8. The smallest absolute Gasteiger partial charge is 0.305 e. The third-order valence-corrected chi connectivity index (χ3v) is 6.43. The van der Waals surface area contributed by atoms with E-state index in [-0.39, 0.29) is 18.2 Å². The quantitative estimate of drug-likeness (QED) is 0.261. The molecule has 40 heavy (non-hydrogen) atoms. The van der Waals surface area contributed by atoms with Gasteiger partial charge in [-0.15, -0.1) is 0 Å².